The number of halogens is 2. The number of nitrogens with two attached hydrogens (primary N) is 1. The van der Waals surface area contributed by atoms with Gasteiger partial charge in [0.2, 0.25) is 0 Å². The molecular formula is C13H12Cl2N2. The van der Waals surface area contributed by atoms with E-state index in [0.717, 1.165) is 11.1 Å². The van der Waals surface area contributed by atoms with Crippen LogP contribution in [0.1, 0.15) is 17.2 Å². The Hall–Kier alpha value is -1.09. The van der Waals surface area contributed by atoms with Gasteiger partial charge >= 0.3 is 0 Å². The van der Waals surface area contributed by atoms with E-state index in [-0.39, 0.29) is 6.04 Å². The standard InChI is InChI=1S/C13H12Cl2N2/c14-11-3-1-2-10(13(11)15)8-12(16)9-4-6-17-7-5-9/h1-7,12H,8,16H2. The van der Waals surface area contributed by atoms with Crippen molar-refractivity contribution in [1.82, 2.24) is 4.98 Å². The Labute approximate surface area is 110 Å². The Morgan fingerprint density at radius 2 is 1.82 bits per heavy atom. The van der Waals surface area contributed by atoms with Crippen LogP contribution in [0, 0.1) is 0 Å². The Kier molecular flexibility index (Phi) is 4.00. The van der Waals surface area contributed by atoms with Gasteiger partial charge in [-0.1, -0.05) is 35.3 Å². The zero-order valence-corrected chi connectivity index (χ0v) is 10.6. The summed E-state index contributed by atoms with van der Waals surface area (Å²) >= 11 is 12.1. The predicted octanol–water partition coefficient (Wildman–Crippen LogP) is 3.63. The van der Waals surface area contributed by atoms with Crippen molar-refractivity contribution in [3.8, 4) is 0 Å². The molecule has 17 heavy (non-hydrogen) atoms. The van der Waals surface area contributed by atoms with E-state index in [2.05, 4.69) is 4.98 Å². The number of pyridine rings is 1. The summed E-state index contributed by atoms with van der Waals surface area (Å²) in [4.78, 5) is 3.96. The van der Waals surface area contributed by atoms with Crippen LogP contribution in [0.5, 0.6) is 0 Å². The van der Waals surface area contributed by atoms with Gasteiger partial charge < -0.3 is 5.73 Å². The number of hydrogen-bond donors (Lipinski definition) is 1. The van der Waals surface area contributed by atoms with Crippen molar-refractivity contribution in [1.29, 1.82) is 0 Å². The predicted molar refractivity (Wildman–Crippen MR) is 71.3 cm³/mol. The van der Waals surface area contributed by atoms with E-state index in [4.69, 9.17) is 28.9 Å². The lowest BCUT2D eigenvalue weighted by Gasteiger charge is -2.13. The monoisotopic (exact) mass is 266 g/mol. The summed E-state index contributed by atoms with van der Waals surface area (Å²) in [7, 11) is 0. The molecule has 0 spiro atoms. The maximum atomic E-state index is 6.12. The number of benzene rings is 1. The van der Waals surface area contributed by atoms with E-state index in [1.807, 2.05) is 24.3 Å². The molecule has 0 amide bonds. The number of aromatic nitrogens is 1. The van der Waals surface area contributed by atoms with Crippen molar-refractivity contribution in [2.24, 2.45) is 5.73 Å². The highest BCUT2D eigenvalue weighted by atomic mass is 35.5. The molecule has 2 nitrogen and oxygen atoms in total. The van der Waals surface area contributed by atoms with Gasteiger partial charge in [0.15, 0.2) is 0 Å². The molecule has 0 saturated heterocycles. The highest BCUT2D eigenvalue weighted by Gasteiger charge is 2.10. The number of nitrogens with zero attached hydrogens (tertiary/aromatic N) is 1. The minimum Gasteiger partial charge on any atom is -0.324 e. The molecule has 1 aromatic heterocycles. The Morgan fingerprint density at radius 3 is 2.53 bits per heavy atom. The number of hydrogen-bond acceptors (Lipinski definition) is 2. The molecule has 1 heterocycles. The van der Waals surface area contributed by atoms with E-state index in [0.29, 0.717) is 16.5 Å². The van der Waals surface area contributed by atoms with E-state index in [1.165, 1.54) is 0 Å². The summed E-state index contributed by atoms with van der Waals surface area (Å²) in [5.41, 5.74) is 8.12. The first kappa shape index (κ1) is 12.4. The molecule has 88 valence electrons. The third-order valence-corrected chi connectivity index (χ3v) is 3.46. The second kappa shape index (κ2) is 5.50. The van der Waals surface area contributed by atoms with Crippen molar-refractivity contribution in [3.05, 3.63) is 63.9 Å². The van der Waals surface area contributed by atoms with Crippen LogP contribution in [0.25, 0.3) is 0 Å². The summed E-state index contributed by atoms with van der Waals surface area (Å²) in [6.07, 6.45) is 4.12. The molecule has 1 atom stereocenters. The molecule has 0 saturated carbocycles. The van der Waals surface area contributed by atoms with Crippen molar-refractivity contribution in [2.45, 2.75) is 12.5 Å². The fourth-order valence-corrected chi connectivity index (χ4v) is 2.07. The lowest BCUT2D eigenvalue weighted by Crippen LogP contribution is -2.13. The van der Waals surface area contributed by atoms with Crippen molar-refractivity contribution < 1.29 is 0 Å². The van der Waals surface area contributed by atoms with Gasteiger partial charge in [-0.05, 0) is 35.7 Å². The first-order valence-corrected chi connectivity index (χ1v) is 6.02. The fourth-order valence-electron chi connectivity index (χ4n) is 1.67. The minimum absolute atomic E-state index is 0.103. The zero-order chi connectivity index (χ0) is 12.3. The first-order chi connectivity index (χ1) is 8.18. The highest BCUT2D eigenvalue weighted by Crippen LogP contribution is 2.28. The first-order valence-electron chi connectivity index (χ1n) is 5.27. The van der Waals surface area contributed by atoms with Gasteiger partial charge in [0.1, 0.15) is 0 Å². The zero-order valence-electron chi connectivity index (χ0n) is 9.11. The minimum atomic E-state index is -0.103. The summed E-state index contributed by atoms with van der Waals surface area (Å²) in [5, 5.41) is 1.14. The molecule has 0 aliphatic carbocycles. The lowest BCUT2D eigenvalue weighted by atomic mass is 10.0. The van der Waals surface area contributed by atoms with Crippen LogP contribution in [0.2, 0.25) is 10.0 Å². The van der Waals surface area contributed by atoms with Crippen LogP contribution in [0.3, 0.4) is 0 Å². The van der Waals surface area contributed by atoms with Crippen LogP contribution < -0.4 is 5.73 Å². The van der Waals surface area contributed by atoms with Crippen molar-refractivity contribution in [2.75, 3.05) is 0 Å². The second-order valence-electron chi connectivity index (χ2n) is 3.80. The van der Waals surface area contributed by atoms with Gasteiger partial charge in [-0.3, -0.25) is 4.98 Å². The van der Waals surface area contributed by atoms with E-state index >= 15 is 0 Å². The molecule has 4 heteroatoms. The second-order valence-corrected chi connectivity index (χ2v) is 4.59. The molecule has 0 aliphatic heterocycles. The Morgan fingerprint density at radius 1 is 1.12 bits per heavy atom. The maximum absolute atomic E-state index is 6.12. The Bertz CT molecular complexity index is 500. The van der Waals surface area contributed by atoms with Gasteiger partial charge in [0.05, 0.1) is 10.0 Å². The van der Waals surface area contributed by atoms with Gasteiger partial charge in [-0.15, -0.1) is 0 Å². The van der Waals surface area contributed by atoms with E-state index < -0.39 is 0 Å². The molecule has 0 aliphatic rings. The fraction of sp³-hybridized carbons (Fsp3) is 0.154. The smallest absolute Gasteiger partial charge is 0.0624 e. The molecule has 0 fully saturated rings. The van der Waals surface area contributed by atoms with Crippen LogP contribution in [0.4, 0.5) is 0 Å². The molecule has 2 rings (SSSR count). The molecule has 0 bridgehead atoms. The van der Waals surface area contributed by atoms with Crippen LogP contribution in [0.15, 0.2) is 42.7 Å². The molecule has 2 aromatic rings. The summed E-state index contributed by atoms with van der Waals surface area (Å²) < 4.78 is 0. The lowest BCUT2D eigenvalue weighted by molar-refractivity contribution is 0.720. The molecule has 1 aromatic carbocycles. The molecular weight excluding hydrogens is 255 g/mol. The number of rotatable bonds is 3. The average molecular weight is 267 g/mol. The molecule has 2 N–H and O–H groups in total. The van der Waals surface area contributed by atoms with Crippen LogP contribution in [-0.4, -0.2) is 4.98 Å². The van der Waals surface area contributed by atoms with Gasteiger partial charge in [0, 0.05) is 18.4 Å². The topological polar surface area (TPSA) is 38.9 Å². The van der Waals surface area contributed by atoms with Gasteiger partial charge in [-0.2, -0.15) is 0 Å². The summed E-state index contributed by atoms with van der Waals surface area (Å²) in [6, 6.07) is 9.30. The SMILES string of the molecule is NC(Cc1cccc(Cl)c1Cl)c1ccncc1. The van der Waals surface area contributed by atoms with Gasteiger partial charge in [0.25, 0.3) is 0 Å². The van der Waals surface area contributed by atoms with Crippen molar-refractivity contribution in [3.63, 3.8) is 0 Å². The van der Waals surface area contributed by atoms with Gasteiger partial charge in [-0.25, -0.2) is 0 Å². The third-order valence-electron chi connectivity index (χ3n) is 2.61. The largest absolute Gasteiger partial charge is 0.324 e. The normalized spacial score (nSPS) is 12.4. The highest BCUT2D eigenvalue weighted by molar-refractivity contribution is 6.42. The third kappa shape index (κ3) is 2.97. The molecule has 0 radical (unpaired) electrons. The van der Waals surface area contributed by atoms with Crippen LogP contribution in [-0.2, 0) is 6.42 Å². The Balaban J connectivity index is 2.19. The molecule has 1 unspecified atom stereocenters. The quantitative estimate of drug-likeness (QED) is 0.922. The van der Waals surface area contributed by atoms with E-state index in [1.54, 1.807) is 18.5 Å². The summed E-state index contributed by atoms with van der Waals surface area (Å²) in [5.74, 6) is 0. The van der Waals surface area contributed by atoms with Crippen molar-refractivity contribution >= 4 is 23.2 Å². The van der Waals surface area contributed by atoms with E-state index in [9.17, 15) is 0 Å². The summed E-state index contributed by atoms with van der Waals surface area (Å²) in [6.45, 7) is 0. The average Bonchev–Trinajstić information content (AvgIpc) is 2.36. The van der Waals surface area contributed by atoms with Crippen LogP contribution >= 0.6 is 23.2 Å². The maximum Gasteiger partial charge on any atom is 0.0624 e.